The second kappa shape index (κ2) is 15.0. The van der Waals surface area contributed by atoms with Gasteiger partial charge in [0.1, 0.15) is 12.0 Å². The predicted molar refractivity (Wildman–Crippen MR) is 235 cm³/mol. The fourth-order valence-electron chi connectivity index (χ4n) is 15.5. The zero-order chi connectivity index (χ0) is 40.6. The average Bonchev–Trinajstić information content (AvgIpc) is 3.81. The number of nitrogens with zero attached hydrogens (tertiary/aromatic N) is 2. The van der Waals surface area contributed by atoms with Gasteiger partial charge in [-0.25, -0.2) is 0 Å². The highest BCUT2D eigenvalue weighted by molar-refractivity contribution is 7.07. The van der Waals surface area contributed by atoms with Gasteiger partial charge in [-0.15, -0.1) is 0 Å². The van der Waals surface area contributed by atoms with Crippen molar-refractivity contribution in [3.63, 3.8) is 0 Å². The van der Waals surface area contributed by atoms with Crippen molar-refractivity contribution in [3.05, 3.63) is 53.0 Å². The van der Waals surface area contributed by atoms with E-state index in [1.807, 2.05) is 13.0 Å². The molecule has 0 spiro atoms. The van der Waals surface area contributed by atoms with E-state index >= 15 is 0 Å². The van der Waals surface area contributed by atoms with Gasteiger partial charge in [0.05, 0.1) is 4.88 Å². The fourth-order valence-corrected chi connectivity index (χ4v) is 16.1. The minimum absolute atomic E-state index is 0.0354. The van der Waals surface area contributed by atoms with Crippen LogP contribution < -0.4 is 10.1 Å². The van der Waals surface area contributed by atoms with Crippen LogP contribution in [0.25, 0.3) is 5.57 Å². The quantitative estimate of drug-likeness (QED) is 0.217. The Morgan fingerprint density at radius 3 is 2.37 bits per heavy atom. The molecule has 8 rings (SSSR count). The molecule has 0 bridgehead atoms. The molecule has 10 atom stereocenters. The smallest absolute Gasteiger partial charge is 0.313 e. The lowest BCUT2D eigenvalue weighted by Crippen LogP contribution is -2.68. The molecule has 0 aromatic carbocycles. The Hall–Kier alpha value is -2.22. The largest absolute Gasteiger partial charge is 0.481 e. The summed E-state index contributed by atoms with van der Waals surface area (Å²) in [5, 5.41) is 14.9. The molecule has 1 aromatic rings. The van der Waals surface area contributed by atoms with E-state index in [0.717, 1.165) is 35.8 Å². The standard InChI is InChI=1S/C50H75N3O3S/c1-33(2)36-17-24-50(51-27-30-53-28-11-10-12-29-53)26-25-47(8)38(43(36)50)13-14-41-46(7)20-18-37(45(5,6)40(46)19-21-48(41,47)9)35-15-22-49(23-16-35,44(54)55)32-56-42-31-39(34(3)4)57-52-42/h15,18,31,36,38,40-41,43,51H,1,3,10-14,16-17,19-30,32H2,2,4-9H3,(H,54,55)/t36-,38+,40-,41+,43+,46-,47+,48+,49?,50-/m0/s1. The highest BCUT2D eigenvalue weighted by atomic mass is 32.1. The molecule has 2 N–H and O–H groups in total. The Morgan fingerprint density at radius 2 is 1.70 bits per heavy atom. The number of fused-ring (bicyclic) bond motifs is 7. The van der Waals surface area contributed by atoms with Gasteiger partial charge < -0.3 is 20.1 Å². The first-order chi connectivity index (χ1) is 27.0. The minimum Gasteiger partial charge on any atom is -0.481 e. The van der Waals surface area contributed by atoms with Crippen LogP contribution in [0, 0.1) is 56.7 Å². The maximum Gasteiger partial charge on any atom is 0.313 e. The third kappa shape index (κ3) is 6.69. The number of likely N-dealkylation sites (tertiary alicyclic amines) is 1. The van der Waals surface area contributed by atoms with Crippen molar-refractivity contribution >= 4 is 23.1 Å². The Balaban J connectivity index is 1.01. The third-order valence-corrected chi connectivity index (χ3v) is 19.7. The summed E-state index contributed by atoms with van der Waals surface area (Å²) in [6.07, 6.45) is 22.7. The third-order valence-electron chi connectivity index (χ3n) is 18.8. The number of carboxylic acids is 1. The Bertz CT molecular complexity index is 1800. The van der Waals surface area contributed by atoms with Crippen LogP contribution >= 0.6 is 11.5 Å². The van der Waals surface area contributed by atoms with Gasteiger partial charge in [0, 0.05) is 24.7 Å². The molecule has 7 aliphatic rings. The minimum atomic E-state index is -0.937. The Kier molecular flexibility index (Phi) is 11.0. The summed E-state index contributed by atoms with van der Waals surface area (Å²) in [6.45, 7) is 31.3. The summed E-state index contributed by atoms with van der Waals surface area (Å²) < 4.78 is 10.5. The molecule has 6 nitrogen and oxygen atoms in total. The molecular formula is C50H75N3O3S. The van der Waals surface area contributed by atoms with Crippen LogP contribution in [-0.4, -0.2) is 58.7 Å². The molecule has 1 saturated heterocycles. The number of aromatic nitrogens is 1. The molecule has 57 heavy (non-hydrogen) atoms. The lowest BCUT2D eigenvalue weighted by molar-refractivity contribution is -0.221. The van der Waals surface area contributed by atoms with Gasteiger partial charge in [-0.2, -0.15) is 4.37 Å². The molecule has 1 aliphatic heterocycles. The van der Waals surface area contributed by atoms with E-state index in [0.29, 0.717) is 53.2 Å². The number of piperidine rings is 1. The van der Waals surface area contributed by atoms with Crippen molar-refractivity contribution in [2.45, 2.75) is 150 Å². The number of carboxylic acid groups (broad SMARTS) is 1. The van der Waals surface area contributed by atoms with Crippen molar-refractivity contribution in [1.82, 2.24) is 14.6 Å². The van der Waals surface area contributed by atoms with Crippen LogP contribution in [0.1, 0.15) is 150 Å². The molecule has 1 aromatic heterocycles. The van der Waals surface area contributed by atoms with E-state index < -0.39 is 11.4 Å². The molecule has 2 heterocycles. The molecule has 1 unspecified atom stereocenters. The van der Waals surface area contributed by atoms with Crippen LogP contribution in [0.2, 0.25) is 0 Å². The molecule has 7 heteroatoms. The molecular weight excluding hydrogens is 723 g/mol. The van der Waals surface area contributed by atoms with Gasteiger partial charge in [-0.1, -0.05) is 71.9 Å². The average molecular weight is 798 g/mol. The second-order valence-electron chi connectivity index (χ2n) is 21.8. The van der Waals surface area contributed by atoms with Crippen LogP contribution in [-0.2, 0) is 4.79 Å². The molecule has 0 amide bonds. The summed E-state index contributed by atoms with van der Waals surface area (Å²) >= 11 is 1.35. The Morgan fingerprint density at radius 1 is 0.930 bits per heavy atom. The zero-order valence-corrected chi connectivity index (χ0v) is 37.6. The van der Waals surface area contributed by atoms with Crippen molar-refractivity contribution in [1.29, 1.82) is 0 Å². The van der Waals surface area contributed by atoms with Gasteiger partial charge >= 0.3 is 5.97 Å². The SMILES string of the molecule is C=C(C)c1cc(OCC2(C(=O)O)CC=C(C3=CC[C@]4(C)[C@H]5CC[C@@H]6[C@H]7[C@H](C(=C)C)CC[C@]7(NCCN7CCCCC7)CC[C@@]6(C)[C@]5(C)CC[C@H]4C3(C)C)CC2)ns1. The van der Waals surface area contributed by atoms with Crippen LogP contribution in [0.3, 0.4) is 0 Å². The number of allylic oxidation sites excluding steroid dienone is 6. The molecule has 314 valence electrons. The number of aliphatic carboxylic acids is 1. The summed E-state index contributed by atoms with van der Waals surface area (Å²) in [7, 11) is 0. The number of hydrogen-bond acceptors (Lipinski definition) is 6. The fraction of sp³-hybridized carbons (Fsp3) is 0.760. The summed E-state index contributed by atoms with van der Waals surface area (Å²) in [5.74, 6) is 3.14. The maximum absolute atomic E-state index is 12.8. The van der Waals surface area contributed by atoms with Crippen molar-refractivity contribution < 1.29 is 14.6 Å². The topological polar surface area (TPSA) is 74.7 Å². The van der Waals surface area contributed by atoms with Gasteiger partial charge in [0.2, 0.25) is 5.88 Å². The van der Waals surface area contributed by atoms with Gasteiger partial charge in [0.15, 0.2) is 0 Å². The molecule has 0 radical (unpaired) electrons. The zero-order valence-electron chi connectivity index (χ0n) is 36.7. The molecule has 4 saturated carbocycles. The van der Waals surface area contributed by atoms with E-state index in [1.54, 1.807) is 0 Å². The summed E-state index contributed by atoms with van der Waals surface area (Å²) in [5.41, 5.74) is 5.51. The number of carbonyl (C=O) groups is 1. The summed E-state index contributed by atoms with van der Waals surface area (Å²) in [6, 6.07) is 1.88. The number of rotatable bonds is 11. The van der Waals surface area contributed by atoms with E-state index in [2.05, 4.69) is 81.4 Å². The predicted octanol–water partition coefficient (Wildman–Crippen LogP) is 11.8. The van der Waals surface area contributed by atoms with Crippen LogP contribution in [0.5, 0.6) is 5.88 Å². The first kappa shape index (κ1) is 41.5. The van der Waals surface area contributed by atoms with E-state index in [9.17, 15) is 9.90 Å². The first-order valence-electron chi connectivity index (χ1n) is 23.0. The Labute approximate surface area is 349 Å². The highest BCUT2D eigenvalue weighted by Crippen LogP contribution is 2.76. The van der Waals surface area contributed by atoms with Gasteiger partial charge in [0.25, 0.3) is 0 Å². The van der Waals surface area contributed by atoms with Crippen LogP contribution in [0.15, 0.2) is 48.1 Å². The number of ether oxygens (including phenoxy) is 1. The monoisotopic (exact) mass is 798 g/mol. The molecule has 5 fully saturated rings. The van der Waals surface area contributed by atoms with Crippen molar-refractivity contribution in [2.24, 2.45) is 56.7 Å². The second-order valence-corrected chi connectivity index (χ2v) is 22.6. The van der Waals surface area contributed by atoms with Gasteiger partial charge in [-0.05, 0) is 196 Å². The van der Waals surface area contributed by atoms with E-state index in [1.165, 1.54) is 119 Å². The highest BCUT2D eigenvalue weighted by Gasteiger charge is 2.70. The number of hydrogen-bond donors (Lipinski definition) is 2. The summed E-state index contributed by atoms with van der Waals surface area (Å²) in [4.78, 5) is 16.5. The van der Waals surface area contributed by atoms with Crippen molar-refractivity contribution in [3.8, 4) is 5.88 Å². The van der Waals surface area contributed by atoms with Crippen LogP contribution in [0.4, 0.5) is 0 Å². The number of nitrogens with one attached hydrogen (secondary N) is 1. The first-order valence-corrected chi connectivity index (χ1v) is 23.8. The van der Waals surface area contributed by atoms with E-state index in [-0.39, 0.29) is 23.0 Å². The van der Waals surface area contributed by atoms with E-state index in [4.69, 9.17) is 4.74 Å². The maximum atomic E-state index is 12.8. The lowest BCUT2D eigenvalue weighted by atomic mass is 9.33. The van der Waals surface area contributed by atoms with Crippen molar-refractivity contribution in [2.75, 3.05) is 32.8 Å². The van der Waals surface area contributed by atoms with Gasteiger partial charge in [-0.3, -0.25) is 4.79 Å². The lowest BCUT2D eigenvalue weighted by Gasteiger charge is -2.72. The normalized spacial score (nSPS) is 41.4. The molecule has 6 aliphatic carbocycles.